The molecule has 190 valence electrons. The molecule has 4 aromatic rings. The number of amides is 1. The summed E-state index contributed by atoms with van der Waals surface area (Å²) in [6.07, 6.45) is 0. The van der Waals surface area contributed by atoms with Crippen LogP contribution in [0.4, 0.5) is 5.69 Å². The fraction of sp³-hybridized carbons (Fsp3) is 0.172. The lowest BCUT2D eigenvalue weighted by atomic mass is 10.0. The molecule has 2 aliphatic rings. The Morgan fingerprint density at radius 1 is 1.03 bits per heavy atom. The number of hydrogen-bond acceptors (Lipinski definition) is 7. The van der Waals surface area contributed by atoms with Crippen LogP contribution in [0.3, 0.4) is 0 Å². The van der Waals surface area contributed by atoms with Crippen molar-refractivity contribution >= 4 is 45.8 Å². The highest BCUT2D eigenvalue weighted by atomic mass is 32.1. The number of carbonyl (C=O) groups is 2. The van der Waals surface area contributed by atoms with E-state index in [1.54, 1.807) is 18.7 Å². The molecular weight excluding hydrogens is 518 g/mol. The molecule has 0 fully saturated rings. The molecule has 7 nitrogen and oxygen atoms in total. The molecule has 2 aromatic carbocycles. The van der Waals surface area contributed by atoms with Crippen LogP contribution in [0.2, 0.25) is 0 Å². The van der Waals surface area contributed by atoms with Gasteiger partial charge in [-0.2, -0.15) is 0 Å². The molecule has 0 radical (unpaired) electrons. The number of aromatic nitrogens is 1. The maximum Gasteiger partial charge on any atom is 0.338 e. The summed E-state index contributed by atoms with van der Waals surface area (Å²) in [6.45, 7) is 4.10. The number of carbonyl (C=O) groups excluding carboxylic acids is 2. The van der Waals surface area contributed by atoms with Crippen LogP contribution in [0.15, 0.2) is 93.2 Å². The van der Waals surface area contributed by atoms with E-state index in [4.69, 9.17) is 4.74 Å². The lowest BCUT2D eigenvalue weighted by Crippen LogP contribution is -2.40. The van der Waals surface area contributed by atoms with Gasteiger partial charge >= 0.3 is 5.97 Å². The highest BCUT2D eigenvalue weighted by Gasteiger charge is 2.37. The van der Waals surface area contributed by atoms with Gasteiger partial charge in [0.2, 0.25) is 0 Å². The van der Waals surface area contributed by atoms with E-state index in [1.165, 1.54) is 27.2 Å². The Morgan fingerprint density at radius 2 is 1.79 bits per heavy atom. The highest BCUT2D eigenvalue weighted by Crippen LogP contribution is 2.37. The predicted octanol–water partition coefficient (Wildman–Crippen LogP) is 3.78. The molecule has 2 aromatic heterocycles. The fourth-order valence-electron chi connectivity index (χ4n) is 4.98. The molecular formula is C29H23N3O4S2. The first-order chi connectivity index (χ1) is 18.5. The van der Waals surface area contributed by atoms with Gasteiger partial charge in [-0.05, 0) is 36.9 Å². The largest absolute Gasteiger partial charge is 0.463 e. The quantitative estimate of drug-likeness (QED) is 0.360. The van der Waals surface area contributed by atoms with Crippen LogP contribution in [0.1, 0.15) is 35.9 Å². The number of nitrogens with zero attached hydrogens (tertiary/aromatic N) is 3. The van der Waals surface area contributed by atoms with Crippen LogP contribution in [0.5, 0.6) is 0 Å². The van der Waals surface area contributed by atoms with Gasteiger partial charge in [-0.3, -0.25) is 14.2 Å². The second-order valence-corrected chi connectivity index (χ2v) is 10.9. The van der Waals surface area contributed by atoms with Crippen molar-refractivity contribution in [3.63, 3.8) is 0 Å². The fourth-order valence-corrected chi connectivity index (χ4v) is 6.94. The minimum Gasteiger partial charge on any atom is -0.463 e. The lowest BCUT2D eigenvalue weighted by molar-refractivity contribution is -0.139. The van der Waals surface area contributed by atoms with E-state index < -0.39 is 12.0 Å². The SMILES string of the molecule is CCOC(=O)C1=C(C)N=c2s/c(=C3\C(=O)N(Cc4ccccc4)c4ccccc43)c(=O)n2C1c1cccs1. The van der Waals surface area contributed by atoms with E-state index in [0.29, 0.717) is 38.3 Å². The Bertz CT molecular complexity index is 1780. The van der Waals surface area contributed by atoms with Crippen molar-refractivity contribution in [3.05, 3.63) is 119 Å². The second-order valence-electron chi connectivity index (χ2n) is 8.91. The maximum atomic E-state index is 14.1. The Kier molecular flexibility index (Phi) is 6.17. The van der Waals surface area contributed by atoms with E-state index >= 15 is 0 Å². The van der Waals surface area contributed by atoms with Gasteiger partial charge in [-0.25, -0.2) is 9.79 Å². The number of thiophene rings is 1. The van der Waals surface area contributed by atoms with Crippen molar-refractivity contribution < 1.29 is 14.3 Å². The molecule has 6 rings (SSSR count). The minimum atomic E-state index is -0.674. The van der Waals surface area contributed by atoms with Gasteiger partial charge in [0.25, 0.3) is 11.5 Å². The van der Waals surface area contributed by atoms with Gasteiger partial charge in [0.15, 0.2) is 4.80 Å². The number of anilines is 1. The molecule has 0 N–H and O–H groups in total. The summed E-state index contributed by atoms with van der Waals surface area (Å²) in [5, 5.41) is 1.91. The summed E-state index contributed by atoms with van der Waals surface area (Å²) >= 11 is 2.64. The molecule has 0 spiro atoms. The van der Waals surface area contributed by atoms with Crippen molar-refractivity contribution in [2.75, 3.05) is 11.5 Å². The molecule has 1 amide bonds. The van der Waals surface area contributed by atoms with Crippen LogP contribution >= 0.6 is 22.7 Å². The number of esters is 1. The number of ether oxygens (including phenoxy) is 1. The Labute approximate surface area is 226 Å². The third kappa shape index (κ3) is 3.86. The molecule has 38 heavy (non-hydrogen) atoms. The number of allylic oxidation sites excluding steroid dienone is 1. The molecule has 4 heterocycles. The minimum absolute atomic E-state index is 0.212. The molecule has 0 saturated carbocycles. The zero-order valence-electron chi connectivity index (χ0n) is 20.7. The smallest absolute Gasteiger partial charge is 0.338 e. The van der Waals surface area contributed by atoms with Crippen molar-refractivity contribution in [1.29, 1.82) is 0 Å². The van der Waals surface area contributed by atoms with Gasteiger partial charge in [0.1, 0.15) is 10.6 Å². The van der Waals surface area contributed by atoms with Gasteiger partial charge in [-0.15, -0.1) is 11.3 Å². The molecule has 0 saturated heterocycles. The van der Waals surface area contributed by atoms with Crippen LogP contribution in [-0.2, 0) is 20.9 Å². The zero-order chi connectivity index (χ0) is 26.4. The van der Waals surface area contributed by atoms with Crippen LogP contribution in [-0.4, -0.2) is 23.1 Å². The topological polar surface area (TPSA) is 81.0 Å². The number of hydrogen-bond donors (Lipinski definition) is 0. The lowest BCUT2D eigenvalue weighted by Gasteiger charge is -2.23. The zero-order valence-corrected chi connectivity index (χ0v) is 22.3. The molecule has 1 atom stereocenters. The third-order valence-electron chi connectivity index (χ3n) is 6.64. The first-order valence-corrected chi connectivity index (χ1v) is 13.9. The van der Waals surface area contributed by atoms with E-state index in [2.05, 4.69) is 4.99 Å². The summed E-state index contributed by atoms with van der Waals surface area (Å²) in [6, 6.07) is 20.4. The van der Waals surface area contributed by atoms with Crippen LogP contribution in [0.25, 0.3) is 5.57 Å². The van der Waals surface area contributed by atoms with E-state index in [-0.39, 0.29) is 18.1 Å². The summed E-state index contributed by atoms with van der Waals surface area (Å²) in [7, 11) is 0. The predicted molar refractivity (Wildman–Crippen MR) is 148 cm³/mol. The summed E-state index contributed by atoms with van der Waals surface area (Å²) < 4.78 is 7.20. The first kappa shape index (κ1) is 24.3. The van der Waals surface area contributed by atoms with Gasteiger partial charge in [-0.1, -0.05) is 65.9 Å². The number of thiazole rings is 1. The Balaban J connectivity index is 1.57. The van der Waals surface area contributed by atoms with Crippen molar-refractivity contribution in [2.24, 2.45) is 4.99 Å². The molecule has 2 aliphatic heterocycles. The van der Waals surface area contributed by atoms with Crippen molar-refractivity contribution in [3.8, 4) is 0 Å². The number of benzene rings is 2. The Morgan fingerprint density at radius 3 is 2.53 bits per heavy atom. The van der Waals surface area contributed by atoms with Gasteiger partial charge in [0, 0.05) is 10.4 Å². The van der Waals surface area contributed by atoms with Crippen LogP contribution in [0, 0.1) is 0 Å². The third-order valence-corrected chi connectivity index (χ3v) is 8.62. The average Bonchev–Trinajstić information content (AvgIpc) is 3.62. The molecule has 9 heteroatoms. The van der Waals surface area contributed by atoms with Crippen LogP contribution < -0.4 is 19.8 Å². The van der Waals surface area contributed by atoms with E-state index in [1.807, 2.05) is 72.1 Å². The average molecular weight is 542 g/mol. The highest BCUT2D eigenvalue weighted by molar-refractivity contribution is 7.10. The summed E-state index contributed by atoms with van der Waals surface area (Å²) in [5.41, 5.74) is 3.33. The standard InChI is InChI=1S/C29H23N3O4S2/c1-3-36-28(35)22-17(2)30-29-32(24(22)21-14-9-15-37-21)27(34)25(38-29)23-19-12-7-8-13-20(19)31(26(23)33)16-18-10-5-4-6-11-18/h4-15,24H,3,16H2,1-2H3/b25-23-. The second kappa shape index (κ2) is 9.66. The summed E-state index contributed by atoms with van der Waals surface area (Å²) in [4.78, 5) is 48.7. The van der Waals surface area contributed by atoms with Crippen molar-refractivity contribution in [1.82, 2.24) is 4.57 Å². The van der Waals surface area contributed by atoms with E-state index in [9.17, 15) is 14.4 Å². The monoisotopic (exact) mass is 541 g/mol. The molecule has 0 bridgehead atoms. The number of rotatable bonds is 5. The van der Waals surface area contributed by atoms with Crippen molar-refractivity contribution in [2.45, 2.75) is 26.4 Å². The first-order valence-electron chi connectivity index (χ1n) is 12.2. The summed E-state index contributed by atoms with van der Waals surface area (Å²) in [5.74, 6) is -0.726. The number of para-hydroxylation sites is 1. The van der Waals surface area contributed by atoms with E-state index in [0.717, 1.165) is 16.1 Å². The maximum absolute atomic E-state index is 14.1. The van der Waals surface area contributed by atoms with Gasteiger partial charge < -0.3 is 9.64 Å². The number of fused-ring (bicyclic) bond motifs is 2. The molecule has 1 unspecified atom stereocenters. The normalized spacial score (nSPS) is 17.8. The Hall–Kier alpha value is -4.08. The van der Waals surface area contributed by atoms with Gasteiger partial charge in [0.05, 0.1) is 35.7 Å². The molecule has 0 aliphatic carbocycles.